The first kappa shape index (κ1) is 32.4. The number of rotatable bonds is 12. The topological polar surface area (TPSA) is 216 Å². The summed E-state index contributed by atoms with van der Waals surface area (Å²) in [6.07, 6.45) is 0.327. The number of sulfonamides is 1. The molecule has 2 amide bonds. The third kappa shape index (κ3) is 6.85. The Kier molecular flexibility index (Phi) is 9.97. The summed E-state index contributed by atoms with van der Waals surface area (Å²) in [5.41, 5.74) is -1.48. The standard InChI is InChI=1S/C25H28N6O11S/c1-6-7-30-25(35)15-8-19(31(36)37)18(11-22(15)43(30,38)39)28-27-17-10-21(40-3)20(9-16(17)26-14(2)32)29(12-23(33)41-4)13-24(34)42-5/h8-11H,6-7,12-13H2,1-5H3,(H,26,32). The van der Waals surface area contributed by atoms with Gasteiger partial charge in [-0.2, -0.15) is 0 Å². The number of nitro benzene ring substituents is 1. The molecule has 1 aliphatic rings. The predicted molar refractivity (Wildman–Crippen MR) is 149 cm³/mol. The van der Waals surface area contributed by atoms with Gasteiger partial charge < -0.3 is 24.4 Å². The summed E-state index contributed by atoms with van der Waals surface area (Å²) >= 11 is 0. The average molecular weight is 621 g/mol. The second kappa shape index (κ2) is 13.2. The van der Waals surface area contributed by atoms with Crippen LogP contribution in [-0.2, 0) is 33.9 Å². The highest BCUT2D eigenvalue weighted by molar-refractivity contribution is 7.90. The summed E-state index contributed by atoms with van der Waals surface area (Å²) in [7, 11) is -0.688. The number of anilines is 2. The van der Waals surface area contributed by atoms with Crippen LogP contribution in [0.1, 0.15) is 30.6 Å². The molecule has 0 bridgehead atoms. The molecule has 2 aromatic carbocycles. The fourth-order valence-electron chi connectivity index (χ4n) is 4.07. The molecule has 0 aromatic heterocycles. The molecule has 2 aromatic rings. The van der Waals surface area contributed by atoms with E-state index in [4.69, 9.17) is 14.2 Å². The Labute approximate surface area is 245 Å². The van der Waals surface area contributed by atoms with E-state index in [1.165, 1.54) is 31.1 Å². The van der Waals surface area contributed by atoms with Gasteiger partial charge in [0.25, 0.3) is 21.6 Å². The van der Waals surface area contributed by atoms with E-state index in [1.807, 2.05) is 0 Å². The molecule has 0 radical (unpaired) electrons. The van der Waals surface area contributed by atoms with Gasteiger partial charge in [-0.1, -0.05) is 6.92 Å². The first-order valence-electron chi connectivity index (χ1n) is 12.5. The van der Waals surface area contributed by atoms with Gasteiger partial charge in [-0.15, -0.1) is 10.2 Å². The first-order valence-corrected chi connectivity index (χ1v) is 13.9. The molecule has 17 nitrogen and oxygen atoms in total. The maximum Gasteiger partial charge on any atom is 0.325 e. The van der Waals surface area contributed by atoms with Gasteiger partial charge >= 0.3 is 11.9 Å². The van der Waals surface area contributed by atoms with Crippen LogP contribution in [-0.4, -0.2) is 82.4 Å². The summed E-state index contributed by atoms with van der Waals surface area (Å²) in [4.78, 5) is 60.6. The molecule has 0 saturated carbocycles. The molecule has 3 rings (SSSR count). The van der Waals surface area contributed by atoms with E-state index in [1.54, 1.807) is 6.92 Å². The molecule has 1 heterocycles. The number of amides is 2. The molecule has 1 N–H and O–H groups in total. The van der Waals surface area contributed by atoms with Crippen molar-refractivity contribution in [1.29, 1.82) is 0 Å². The van der Waals surface area contributed by atoms with E-state index in [2.05, 4.69) is 15.5 Å². The van der Waals surface area contributed by atoms with E-state index < -0.39 is 68.1 Å². The molecule has 43 heavy (non-hydrogen) atoms. The van der Waals surface area contributed by atoms with Gasteiger partial charge in [0.1, 0.15) is 29.4 Å². The predicted octanol–water partition coefficient (Wildman–Crippen LogP) is 2.68. The van der Waals surface area contributed by atoms with E-state index >= 15 is 0 Å². The molecule has 0 spiro atoms. The molecule has 0 fully saturated rings. The summed E-state index contributed by atoms with van der Waals surface area (Å²) in [5, 5.41) is 22.3. The molecule has 0 saturated heterocycles. The Morgan fingerprint density at radius 1 is 1.02 bits per heavy atom. The molecule has 18 heteroatoms. The number of azo groups is 1. The molecule has 1 aliphatic heterocycles. The normalized spacial score (nSPS) is 13.4. The number of hydrogen-bond acceptors (Lipinski definition) is 14. The van der Waals surface area contributed by atoms with E-state index in [0.29, 0.717) is 10.7 Å². The number of nitrogens with one attached hydrogen (secondary N) is 1. The summed E-state index contributed by atoms with van der Waals surface area (Å²) in [6, 6.07) is 4.31. The second-order valence-electron chi connectivity index (χ2n) is 8.91. The monoisotopic (exact) mass is 620 g/mol. The highest BCUT2D eigenvalue weighted by atomic mass is 32.2. The average Bonchev–Trinajstić information content (AvgIpc) is 3.14. The van der Waals surface area contributed by atoms with Crippen LogP contribution in [0.15, 0.2) is 39.4 Å². The quantitative estimate of drug-likeness (QED) is 0.157. The van der Waals surface area contributed by atoms with Crippen LogP contribution in [0, 0.1) is 10.1 Å². The van der Waals surface area contributed by atoms with Crippen LogP contribution in [0.5, 0.6) is 5.75 Å². The molecule has 0 unspecified atom stereocenters. The maximum atomic E-state index is 13.0. The number of hydrogen-bond donors (Lipinski definition) is 1. The van der Waals surface area contributed by atoms with Gasteiger partial charge in [-0.05, 0) is 18.6 Å². The number of esters is 2. The molecule has 0 atom stereocenters. The molecule has 230 valence electrons. The zero-order valence-electron chi connectivity index (χ0n) is 23.8. The van der Waals surface area contributed by atoms with Gasteiger partial charge in [0.2, 0.25) is 5.91 Å². The van der Waals surface area contributed by atoms with Crippen LogP contribution >= 0.6 is 0 Å². The summed E-state index contributed by atoms with van der Waals surface area (Å²) < 4.78 is 41.4. The number of ether oxygens (including phenoxy) is 3. The van der Waals surface area contributed by atoms with Crippen molar-refractivity contribution < 1.29 is 46.7 Å². The Hall–Kier alpha value is -5.13. The van der Waals surface area contributed by atoms with Crippen LogP contribution in [0.25, 0.3) is 0 Å². The van der Waals surface area contributed by atoms with Gasteiger partial charge in [0.15, 0.2) is 5.69 Å². The Morgan fingerprint density at radius 2 is 1.63 bits per heavy atom. The summed E-state index contributed by atoms with van der Waals surface area (Å²) in [5.74, 6) is -2.80. The number of benzene rings is 2. The second-order valence-corrected chi connectivity index (χ2v) is 10.7. The fraction of sp³-hybridized carbons (Fsp3) is 0.360. The maximum absolute atomic E-state index is 13.0. The minimum Gasteiger partial charge on any atom is -0.494 e. The van der Waals surface area contributed by atoms with Crippen molar-refractivity contribution in [3.05, 3.63) is 39.9 Å². The first-order chi connectivity index (χ1) is 20.3. The zero-order valence-corrected chi connectivity index (χ0v) is 24.6. The van der Waals surface area contributed by atoms with Gasteiger partial charge in [0, 0.05) is 25.6 Å². The van der Waals surface area contributed by atoms with Crippen molar-refractivity contribution in [3.8, 4) is 5.75 Å². The number of methoxy groups -OCH3 is 3. The van der Waals surface area contributed by atoms with Gasteiger partial charge in [0.05, 0.1) is 43.2 Å². The van der Waals surface area contributed by atoms with Crippen molar-refractivity contribution in [2.24, 2.45) is 10.2 Å². The SMILES string of the molecule is CCCN1C(=O)c2cc([N+](=O)[O-])c(N=Nc3cc(OC)c(N(CC(=O)OC)CC(=O)OC)cc3NC(C)=O)cc2S1(=O)=O. The lowest BCUT2D eigenvalue weighted by atomic mass is 10.1. The Morgan fingerprint density at radius 3 is 2.14 bits per heavy atom. The lowest BCUT2D eigenvalue weighted by Crippen LogP contribution is -2.36. The number of fused-ring (bicyclic) bond motifs is 1. The highest BCUT2D eigenvalue weighted by Crippen LogP contribution is 2.42. The lowest BCUT2D eigenvalue weighted by molar-refractivity contribution is -0.384. The number of nitrogens with zero attached hydrogens (tertiary/aromatic N) is 5. The van der Waals surface area contributed by atoms with Crippen LogP contribution in [0.4, 0.5) is 28.4 Å². The van der Waals surface area contributed by atoms with Crippen LogP contribution < -0.4 is 15.0 Å². The van der Waals surface area contributed by atoms with E-state index in [0.717, 1.165) is 26.4 Å². The van der Waals surface area contributed by atoms with Crippen LogP contribution in [0.3, 0.4) is 0 Å². The third-order valence-electron chi connectivity index (χ3n) is 6.03. The third-order valence-corrected chi connectivity index (χ3v) is 7.86. The fourth-order valence-corrected chi connectivity index (χ4v) is 5.73. The molecular formula is C25H28N6O11S. The van der Waals surface area contributed by atoms with Crippen molar-refractivity contribution in [2.75, 3.05) is 51.2 Å². The van der Waals surface area contributed by atoms with E-state index in [9.17, 15) is 37.7 Å². The Balaban J connectivity index is 2.19. The Bertz CT molecular complexity index is 1610. The van der Waals surface area contributed by atoms with Crippen molar-refractivity contribution in [2.45, 2.75) is 25.2 Å². The number of nitro groups is 1. The smallest absolute Gasteiger partial charge is 0.325 e. The van der Waals surface area contributed by atoms with E-state index in [-0.39, 0.29) is 34.9 Å². The molecular weight excluding hydrogens is 592 g/mol. The van der Waals surface area contributed by atoms with Gasteiger partial charge in [-0.3, -0.25) is 29.3 Å². The van der Waals surface area contributed by atoms with Crippen molar-refractivity contribution in [3.63, 3.8) is 0 Å². The largest absolute Gasteiger partial charge is 0.494 e. The highest BCUT2D eigenvalue weighted by Gasteiger charge is 2.42. The number of carbonyl (C=O) groups excluding carboxylic acids is 4. The zero-order chi connectivity index (χ0) is 32.1. The van der Waals surface area contributed by atoms with Crippen LogP contribution in [0.2, 0.25) is 0 Å². The van der Waals surface area contributed by atoms with Crippen molar-refractivity contribution in [1.82, 2.24) is 4.31 Å². The summed E-state index contributed by atoms with van der Waals surface area (Å²) in [6.45, 7) is 1.93. The minimum absolute atomic E-state index is 0.00693. The minimum atomic E-state index is -4.28. The number of carbonyl (C=O) groups is 4. The lowest BCUT2D eigenvalue weighted by Gasteiger charge is -2.25. The van der Waals surface area contributed by atoms with Gasteiger partial charge in [-0.25, -0.2) is 12.7 Å². The molecule has 0 aliphatic carbocycles. The van der Waals surface area contributed by atoms with Crippen molar-refractivity contribution >= 4 is 62.2 Å².